The third-order valence-electron chi connectivity index (χ3n) is 10.4. The van der Waals surface area contributed by atoms with E-state index in [1.165, 1.54) is 41.2 Å². The zero-order valence-corrected chi connectivity index (χ0v) is 34.8. The van der Waals surface area contributed by atoms with Crippen LogP contribution in [0.15, 0.2) is 148 Å². The summed E-state index contributed by atoms with van der Waals surface area (Å²) in [6.45, 7) is 4.69. The van der Waals surface area contributed by atoms with Gasteiger partial charge in [0, 0.05) is 62.8 Å². The van der Waals surface area contributed by atoms with Gasteiger partial charge in [-0.1, -0.05) is 130 Å². The molecule has 0 amide bonds. The first-order chi connectivity index (χ1) is 30.2. The molecule has 4 aromatic heterocycles. The van der Waals surface area contributed by atoms with Gasteiger partial charge in [0.2, 0.25) is 0 Å². The van der Waals surface area contributed by atoms with Crippen LogP contribution in [0.5, 0.6) is 0 Å². The minimum Gasteiger partial charge on any atom is -0.557 e. The number of hydrogen-bond acceptors (Lipinski definition) is 4. The Morgan fingerprint density at radius 3 is 2.05 bits per heavy atom. The second-order valence-electron chi connectivity index (χ2n) is 14.9. The Balaban J connectivity index is 0.000000225. The molecule has 1 radical (unpaired) electrons. The van der Waals surface area contributed by atoms with Gasteiger partial charge in [0.05, 0.1) is 16.9 Å². The number of nitrogens with zero attached hydrogens (tertiary/aromatic N) is 3. The van der Waals surface area contributed by atoms with Crippen LogP contribution in [0.4, 0.5) is 0 Å². The fraction of sp³-hybridized carbons (Fsp3) is 0.154. The summed E-state index contributed by atoms with van der Waals surface area (Å²) in [6, 6.07) is 46.4. The number of hydrogen-bond donors (Lipinski definition) is 0. The largest absolute Gasteiger partial charge is 0.557 e. The number of pyridine rings is 1. The maximum Gasteiger partial charge on any atom is 0.135 e. The molecule has 0 unspecified atom stereocenters. The summed E-state index contributed by atoms with van der Waals surface area (Å²) in [5, 5.41) is 3.22. The minimum absolute atomic E-state index is 0. The van der Waals surface area contributed by atoms with Crippen molar-refractivity contribution >= 4 is 43.9 Å². The van der Waals surface area contributed by atoms with Gasteiger partial charge in [0.1, 0.15) is 11.2 Å². The van der Waals surface area contributed by atoms with Crippen molar-refractivity contribution in [1.82, 2.24) is 14.5 Å². The number of fused-ring (bicyclic) bond motifs is 5. The molecule has 6 heteroatoms. The zero-order valence-electron chi connectivity index (χ0n) is 38.4. The van der Waals surface area contributed by atoms with E-state index in [1.54, 1.807) is 12.1 Å². The van der Waals surface area contributed by atoms with Gasteiger partial charge in [0.25, 0.3) is 0 Å². The van der Waals surface area contributed by atoms with Crippen molar-refractivity contribution in [3.05, 3.63) is 174 Å². The van der Waals surface area contributed by atoms with E-state index >= 15 is 0 Å². The van der Waals surface area contributed by atoms with Crippen molar-refractivity contribution in [1.29, 1.82) is 0 Å². The zero-order chi connectivity index (χ0) is 44.2. The number of aromatic nitrogens is 3. The van der Waals surface area contributed by atoms with Crippen molar-refractivity contribution in [3.63, 3.8) is 0 Å². The van der Waals surface area contributed by atoms with Crippen molar-refractivity contribution in [2.45, 2.75) is 53.2 Å². The van der Waals surface area contributed by atoms with Crippen LogP contribution in [-0.2, 0) is 20.1 Å². The third kappa shape index (κ3) is 7.19. The number of imidazole rings is 1. The third-order valence-corrected chi connectivity index (χ3v) is 10.4. The van der Waals surface area contributed by atoms with Crippen LogP contribution in [0.25, 0.3) is 83.4 Å². The number of furan rings is 2. The summed E-state index contributed by atoms with van der Waals surface area (Å²) in [6.07, 6.45) is 4.55. The van der Waals surface area contributed by atoms with Crippen LogP contribution < -0.4 is 0 Å². The molecule has 10 rings (SSSR count). The molecule has 4 heterocycles. The van der Waals surface area contributed by atoms with Gasteiger partial charge < -0.3 is 18.4 Å². The Morgan fingerprint density at radius 1 is 0.655 bits per heavy atom. The maximum absolute atomic E-state index is 7.28. The van der Waals surface area contributed by atoms with Gasteiger partial charge in [0.15, 0.2) is 0 Å². The molecule has 0 aliphatic rings. The molecule has 0 bridgehead atoms. The summed E-state index contributed by atoms with van der Waals surface area (Å²) < 4.78 is 58.1. The van der Waals surface area contributed by atoms with Crippen LogP contribution in [0.1, 0.15) is 70.0 Å². The van der Waals surface area contributed by atoms with Gasteiger partial charge in [-0.3, -0.25) is 4.98 Å². The average molecular weight is 940 g/mol. The second kappa shape index (κ2) is 16.1. The Kier molecular flexibility index (Phi) is 8.84. The topological polar surface area (TPSA) is 57.0 Å². The van der Waals surface area contributed by atoms with E-state index in [0.717, 1.165) is 66.5 Å². The summed E-state index contributed by atoms with van der Waals surface area (Å²) >= 11 is 0. The normalized spacial score (nSPS) is 13.4. The fourth-order valence-electron chi connectivity index (χ4n) is 7.55. The first-order valence-electron chi connectivity index (χ1n) is 22.1. The Hall–Kier alpha value is -6.07. The van der Waals surface area contributed by atoms with Crippen LogP contribution in [0.2, 0.25) is 0 Å². The number of rotatable bonds is 6. The molecule has 289 valence electrons. The smallest absolute Gasteiger partial charge is 0.135 e. The quantitative estimate of drug-likeness (QED) is 0.156. The van der Waals surface area contributed by atoms with Gasteiger partial charge in [-0.2, -0.15) is 0 Å². The molecule has 0 saturated carbocycles. The van der Waals surface area contributed by atoms with Gasteiger partial charge in [-0.25, -0.2) is 0 Å². The molecule has 0 atom stereocenters. The van der Waals surface area contributed by atoms with E-state index in [9.17, 15) is 0 Å². The second-order valence-corrected chi connectivity index (χ2v) is 14.9. The molecule has 6 aromatic carbocycles. The predicted molar refractivity (Wildman–Crippen MR) is 234 cm³/mol. The number of aryl methyl sites for hydroxylation is 2. The van der Waals surface area contributed by atoms with Gasteiger partial charge >= 0.3 is 0 Å². The van der Waals surface area contributed by atoms with Crippen molar-refractivity contribution in [3.8, 4) is 39.5 Å². The van der Waals surface area contributed by atoms with Crippen molar-refractivity contribution in [2.75, 3.05) is 0 Å². The molecule has 5 nitrogen and oxygen atoms in total. The van der Waals surface area contributed by atoms with Crippen LogP contribution in [-0.4, -0.2) is 14.5 Å². The van der Waals surface area contributed by atoms with E-state index in [0.29, 0.717) is 23.1 Å². The predicted octanol–water partition coefficient (Wildman–Crippen LogP) is 14.2. The number of benzene rings is 6. The van der Waals surface area contributed by atoms with E-state index in [1.807, 2.05) is 24.3 Å². The van der Waals surface area contributed by atoms with E-state index in [-0.39, 0.29) is 31.2 Å². The fourth-order valence-corrected chi connectivity index (χ4v) is 7.55. The van der Waals surface area contributed by atoms with Gasteiger partial charge in [-0.15, -0.1) is 35.4 Å². The molecule has 0 aliphatic carbocycles. The molecule has 0 fully saturated rings. The maximum atomic E-state index is 7.28. The molecule has 0 aliphatic heterocycles. The van der Waals surface area contributed by atoms with E-state index in [2.05, 4.69) is 128 Å². The number of para-hydroxylation sites is 4. The summed E-state index contributed by atoms with van der Waals surface area (Å²) in [5.74, 6) is 1.52. The standard InChI is InChI=1S/C39H31N2O2.C13H12N.Ir/c1-23(2)27-11-9-12-28(24(3)4)38(27)41-34-14-7-6-13-33(34)40-39(41)32-22-42-35-18-16-25(21-31(32)35)26-17-19-37-30(20-26)29-10-5-8-15-36(29)43-37;1-10-3-6-12(7-4-10)13-8-5-11(2)9-14-13;/h5-21,23-24H,1-4H3;3-6,8-9H,1-2H3;/q2*-1;/i;1D3,2D3;. The molecule has 0 spiro atoms. The van der Waals surface area contributed by atoms with Crippen LogP contribution >= 0.6 is 0 Å². The van der Waals surface area contributed by atoms with Crippen LogP contribution in [0.3, 0.4) is 0 Å². The van der Waals surface area contributed by atoms with Crippen molar-refractivity contribution in [2.24, 2.45) is 0 Å². The first-order valence-corrected chi connectivity index (χ1v) is 19.1. The van der Waals surface area contributed by atoms with Gasteiger partial charge in [-0.05, 0) is 82.5 Å². The summed E-state index contributed by atoms with van der Waals surface area (Å²) in [4.78, 5) is 9.29. The molecular formula is C52H43IrN3O2-2. The Bertz CT molecular complexity index is 3190. The molecule has 0 N–H and O–H groups in total. The summed E-state index contributed by atoms with van der Waals surface area (Å²) in [7, 11) is 0. The van der Waals surface area contributed by atoms with Crippen LogP contribution in [0, 0.1) is 26.0 Å². The average Bonchev–Trinajstić information content (AvgIpc) is 3.98. The first kappa shape index (κ1) is 31.9. The van der Waals surface area contributed by atoms with Crippen molar-refractivity contribution < 1.29 is 37.2 Å². The SMILES string of the molecule is CC(C)c1cccc(C(C)C)c1-n1c(-c2[c-]oc3ccc(-c4ccc5oc6ccccc6c5c4)cc23)nc2ccccc21.[2H]C([2H])([2H])c1c[c-]c(-c2ccc(C([2H])([2H])[2H])cn2)cc1.[Ir]. The summed E-state index contributed by atoms with van der Waals surface area (Å²) in [5.41, 5.74) is 13.0. The molecule has 10 aromatic rings. The molecular weight excluding hydrogens is 891 g/mol. The van der Waals surface area contributed by atoms with E-state index in [4.69, 9.17) is 22.0 Å². The van der Waals surface area contributed by atoms with E-state index < -0.39 is 13.7 Å². The Morgan fingerprint density at radius 2 is 1.34 bits per heavy atom. The molecule has 58 heavy (non-hydrogen) atoms. The molecule has 0 saturated heterocycles. The monoisotopic (exact) mass is 940 g/mol. The minimum atomic E-state index is -2.18. The Labute approximate surface area is 361 Å².